The Balaban J connectivity index is 1.58. The third kappa shape index (κ3) is 5.21. The molecule has 1 fully saturated rings. The van der Waals surface area contributed by atoms with Crippen LogP contribution in [0.2, 0.25) is 0 Å². The maximum absolute atomic E-state index is 12.6. The van der Waals surface area contributed by atoms with Gasteiger partial charge >= 0.3 is 0 Å². The molecule has 0 saturated heterocycles. The summed E-state index contributed by atoms with van der Waals surface area (Å²) in [5.41, 5.74) is 0.431. The Morgan fingerprint density at radius 2 is 1.89 bits per heavy atom. The molecule has 3 rings (SSSR count). The first kappa shape index (κ1) is 21.0. The fraction of sp³-hybridized carbons (Fsp3) is 0.571. The highest BCUT2D eigenvalue weighted by Crippen LogP contribution is 2.24. The van der Waals surface area contributed by atoms with Crippen molar-refractivity contribution in [1.29, 1.82) is 0 Å². The summed E-state index contributed by atoms with van der Waals surface area (Å²) in [7, 11) is -3.57. The lowest BCUT2D eigenvalue weighted by Crippen LogP contribution is -2.43. The molecule has 0 unspecified atom stereocenters. The van der Waals surface area contributed by atoms with Crippen LogP contribution in [0.5, 0.6) is 0 Å². The van der Waals surface area contributed by atoms with Crippen LogP contribution in [0, 0.1) is 0 Å². The van der Waals surface area contributed by atoms with Gasteiger partial charge in [-0.1, -0.05) is 19.3 Å². The molecule has 1 heterocycles. The number of nitrogens with one attached hydrogen (secondary N) is 2. The van der Waals surface area contributed by atoms with Crippen molar-refractivity contribution in [3.8, 4) is 0 Å². The van der Waals surface area contributed by atoms with Gasteiger partial charge in [0.05, 0.1) is 4.90 Å². The van der Waals surface area contributed by atoms with Gasteiger partial charge in [0.15, 0.2) is 0 Å². The molecule has 7 heteroatoms. The third-order valence-electron chi connectivity index (χ3n) is 5.60. The molecule has 1 aromatic carbocycles. The summed E-state index contributed by atoms with van der Waals surface area (Å²) in [6, 6.07) is 8.90. The molecule has 154 valence electrons. The Labute approximate surface area is 167 Å². The zero-order valence-electron chi connectivity index (χ0n) is 16.8. The highest BCUT2D eigenvalue weighted by molar-refractivity contribution is 7.89. The number of aromatic nitrogens is 1. The van der Waals surface area contributed by atoms with Crippen LogP contribution in [0.25, 0.3) is 10.9 Å². The third-order valence-corrected chi connectivity index (χ3v) is 7.06. The number of hydrogen-bond acceptors (Lipinski definition) is 4. The fourth-order valence-electron chi connectivity index (χ4n) is 4.13. The second-order valence-corrected chi connectivity index (χ2v) is 9.71. The van der Waals surface area contributed by atoms with Crippen molar-refractivity contribution >= 4 is 20.9 Å². The second-order valence-electron chi connectivity index (χ2n) is 7.95. The zero-order valence-corrected chi connectivity index (χ0v) is 17.6. The van der Waals surface area contributed by atoms with Gasteiger partial charge in [0.25, 0.3) is 0 Å². The van der Waals surface area contributed by atoms with E-state index in [2.05, 4.69) is 28.5 Å². The molecule has 6 nitrogen and oxygen atoms in total. The van der Waals surface area contributed by atoms with E-state index in [0.29, 0.717) is 29.5 Å². The van der Waals surface area contributed by atoms with Crippen LogP contribution in [-0.4, -0.2) is 43.5 Å². The molecule has 28 heavy (non-hydrogen) atoms. The van der Waals surface area contributed by atoms with Gasteiger partial charge < -0.3 is 4.98 Å². The van der Waals surface area contributed by atoms with Crippen LogP contribution in [-0.2, 0) is 10.0 Å². The summed E-state index contributed by atoms with van der Waals surface area (Å²) in [6.45, 7) is 5.77. The Morgan fingerprint density at radius 1 is 1.14 bits per heavy atom. The molecule has 1 aromatic heterocycles. The van der Waals surface area contributed by atoms with E-state index in [1.165, 1.54) is 44.2 Å². The van der Waals surface area contributed by atoms with Crippen LogP contribution in [0.1, 0.15) is 52.4 Å². The first-order chi connectivity index (χ1) is 13.4. The Morgan fingerprint density at radius 3 is 2.61 bits per heavy atom. The summed E-state index contributed by atoms with van der Waals surface area (Å²) < 4.78 is 28.0. The maximum atomic E-state index is 12.6. The van der Waals surface area contributed by atoms with Crippen molar-refractivity contribution in [3.05, 3.63) is 40.7 Å². The SMILES string of the molecule is CC(C)N(CCCNS(=O)(=O)c1ccc2[nH]c(=O)ccc2c1)C1CCCCC1. The van der Waals surface area contributed by atoms with Crippen LogP contribution in [0.4, 0.5) is 0 Å². The average molecular weight is 406 g/mol. The summed E-state index contributed by atoms with van der Waals surface area (Å²) in [5, 5.41) is 0.700. The summed E-state index contributed by atoms with van der Waals surface area (Å²) in [4.78, 5) is 16.8. The van der Waals surface area contributed by atoms with Gasteiger partial charge in [-0.2, -0.15) is 0 Å². The lowest BCUT2D eigenvalue weighted by molar-refractivity contribution is 0.119. The number of fused-ring (bicyclic) bond motifs is 1. The Bertz CT molecular complexity index is 947. The molecular formula is C21H31N3O3S. The molecule has 0 radical (unpaired) electrons. The van der Waals surface area contributed by atoms with Crippen molar-refractivity contribution in [1.82, 2.24) is 14.6 Å². The van der Waals surface area contributed by atoms with Crippen LogP contribution >= 0.6 is 0 Å². The first-order valence-corrected chi connectivity index (χ1v) is 11.7. The van der Waals surface area contributed by atoms with E-state index < -0.39 is 10.0 Å². The number of hydrogen-bond donors (Lipinski definition) is 2. The summed E-state index contributed by atoms with van der Waals surface area (Å²) in [5.74, 6) is 0. The van der Waals surface area contributed by atoms with Crippen molar-refractivity contribution < 1.29 is 8.42 Å². The van der Waals surface area contributed by atoms with Crippen LogP contribution in [0.15, 0.2) is 40.0 Å². The lowest BCUT2D eigenvalue weighted by Gasteiger charge is -2.37. The zero-order chi connectivity index (χ0) is 20.1. The number of rotatable bonds is 8. The summed E-state index contributed by atoms with van der Waals surface area (Å²) >= 11 is 0. The molecule has 0 atom stereocenters. The summed E-state index contributed by atoms with van der Waals surface area (Å²) in [6.07, 6.45) is 7.23. The van der Waals surface area contributed by atoms with Crippen molar-refractivity contribution in [2.45, 2.75) is 69.4 Å². The molecular weight excluding hydrogens is 374 g/mol. The molecule has 1 aliphatic carbocycles. The molecule has 0 amide bonds. The van der Waals surface area contributed by atoms with E-state index in [9.17, 15) is 13.2 Å². The number of benzene rings is 1. The van der Waals surface area contributed by atoms with Crippen LogP contribution in [0.3, 0.4) is 0 Å². The average Bonchev–Trinajstić information content (AvgIpc) is 2.67. The van der Waals surface area contributed by atoms with Crippen molar-refractivity contribution in [2.24, 2.45) is 0 Å². The quantitative estimate of drug-likeness (QED) is 0.661. The van der Waals surface area contributed by atoms with Gasteiger partial charge in [-0.05, 0) is 69.3 Å². The van der Waals surface area contributed by atoms with E-state index in [1.807, 2.05) is 0 Å². The monoisotopic (exact) mass is 405 g/mol. The fourth-order valence-corrected chi connectivity index (χ4v) is 5.24. The van der Waals surface area contributed by atoms with Gasteiger partial charge in [-0.25, -0.2) is 13.1 Å². The Hall–Kier alpha value is -1.70. The molecule has 0 aliphatic heterocycles. The molecule has 0 spiro atoms. The Kier molecular flexibility index (Phi) is 6.91. The molecule has 0 bridgehead atoms. The van der Waals surface area contributed by atoms with Crippen molar-refractivity contribution in [3.63, 3.8) is 0 Å². The van der Waals surface area contributed by atoms with E-state index in [-0.39, 0.29) is 10.5 Å². The number of pyridine rings is 1. The minimum Gasteiger partial charge on any atom is -0.322 e. The van der Waals surface area contributed by atoms with Gasteiger partial charge in [0.2, 0.25) is 15.6 Å². The molecule has 2 aromatic rings. The number of sulfonamides is 1. The van der Waals surface area contributed by atoms with E-state index in [0.717, 1.165) is 13.0 Å². The minimum absolute atomic E-state index is 0.200. The van der Waals surface area contributed by atoms with Crippen molar-refractivity contribution in [2.75, 3.05) is 13.1 Å². The molecule has 2 N–H and O–H groups in total. The maximum Gasteiger partial charge on any atom is 0.248 e. The lowest BCUT2D eigenvalue weighted by atomic mass is 9.93. The smallest absolute Gasteiger partial charge is 0.248 e. The number of nitrogens with zero attached hydrogens (tertiary/aromatic N) is 1. The predicted octanol–water partition coefficient (Wildman–Crippen LogP) is 3.24. The topological polar surface area (TPSA) is 82.3 Å². The van der Waals surface area contributed by atoms with E-state index in [4.69, 9.17) is 0 Å². The molecule has 1 aliphatic rings. The molecule has 1 saturated carbocycles. The van der Waals surface area contributed by atoms with Gasteiger partial charge in [0.1, 0.15) is 0 Å². The van der Waals surface area contributed by atoms with Gasteiger partial charge in [-0.15, -0.1) is 0 Å². The van der Waals surface area contributed by atoms with E-state index >= 15 is 0 Å². The number of aromatic amines is 1. The van der Waals surface area contributed by atoms with E-state index in [1.54, 1.807) is 18.2 Å². The van der Waals surface area contributed by atoms with Gasteiger partial charge in [-0.3, -0.25) is 9.69 Å². The standard InChI is InChI=1S/C21H31N3O3S/c1-16(2)24(18-7-4-3-5-8-18)14-6-13-22-28(26,27)19-10-11-20-17(15-19)9-12-21(25)23-20/h9-12,15-16,18,22H,3-8,13-14H2,1-2H3,(H,23,25). The highest BCUT2D eigenvalue weighted by Gasteiger charge is 2.23. The highest BCUT2D eigenvalue weighted by atomic mass is 32.2. The minimum atomic E-state index is -3.57. The van der Waals surface area contributed by atoms with Crippen LogP contribution < -0.4 is 10.3 Å². The number of H-pyrrole nitrogens is 1. The predicted molar refractivity (Wildman–Crippen MR) is 113 cm³/mol. The first-order valence-electron chi connectivity index (χ1n) is 10.3. The van der Waals surface area contributed by atoms with Gasteiger partial charge in [0, 0.05) is 30.2 Å². The second kappa shape index (κ2) is 9.20. The largest absolute Gasteiger partial charge is 0.322 e. The normalized spacial score (nSPS) is 16.3.